The summed E-state index contributed by atoms with van der Waals surface area (Å²) < 4.78 is 39.4. The number of anilines is 4. The number of ether oxygens (including phenoxy) is 2. The van der Waals surface area contributed by atoms with Gasteiger partial charge in [0.1, 0.15) is 30.2 Å². The van der Waals surface area contributed by atoms with Crippen molar-refractivity contribution in [2.75, 3.05) is 69.2 Å². The van der Waals surface area contributed by atoms with Crippen molar-refractivity contribution in [3.8, 4) is 5.75 Å². The summed E-state index contributed by atoms with van der Waals surface area (Å²) >= 11 is 0. The molecule has 5 rings (SSSR count). The van der Waals surface area contributed by atoms with E-state index in [0.717, 1.165) is 0 Å². The van der Waals surface area contributed by atoms with Crippen LogP contribution in [0.4, 0.5) is 36.5 Å². The summed E-state index contributed by atoms with van der Waals surface area (Å²) in [5.41, 5.74) is 1.16. The Balaban J connectivity index is 1.49. The van der Waals surface area contributed by atoms with E-state index in [-0.39, 0.29) is 5.69 Å². The number of hydrogen-bond acceptors (Lipinski definition) is 8. The Labute approximate surface area is 214 Å². The highest BCUT2D eigenvalue weighted by atomic mass is 19.1. The second kappa shape index (κ2) is 9.97. The maximum Gasteiger partial charge on any atom is 0.415 e. The second-order valence-electron chi connectivity index (χ2n) is 9.59. The number of nitrogens with zero attached hydrogens (tertiary/aromatic N) is 5. The number of carbonyl (C=O) groups is 1. The topological polar surface area (TPSA) is 83.1 Å². The molecule has 2 saturated heterocycles. The summed E-state index contributed by atoms with van der Waals surface area (Å²) in [5, 5.41) is 3.68. The minimum Gasteiger partial charge on any atom is -0.494 e. The number of fused-ring (bicyclic) bond motifs is 1. The fourth-order valence-electron chi connectivity index (χ4n) is 5.01. The fraction of sp³-hybridized carbons (Fsp3) is 0.423. The van der Waals surface area contributed by atoms with Crippen molar-refractivity contribution in [3.63, 3.8) is 0 Å². The number of methoxy groups -OCH3 is 1. The summed E-state index contributed by atoms with van der Waals surface area (Å²) in [4.78, 5) is 27.1. The zero-order valence-corrected chi connectivity index (χ0v) is 21.1. The van der Waals surface area contributed by atoms with Crippen molar-refractivity contribution in [3.05, 3.63) is 42.5 Å². The number of nitrogens with one attached hydrogen (secondary N) is 1. The molecule has 1 spiro atoms. The largest absolute Gasteiger partial charge is 0.494 e. The molecule has 9 nitrogen and oxygen atoms in total. The van der Waals surface area contributed by atoms with E-state index in [0.29, 0.717) is 72.9 Å². The first-order valence-corrected chi connectivity index (χ1v) is 12.2. The highest BCUT2D eigenvalue weighted by Crippen LogP contribution is 2.41. The molecule has 196 valence electrons. The van der Waals surface area contributed by atoms with E-state index in [1.54, 1.807) is 54.2 Å². The van der Waals surface area contributed by atoms with Crippen LogP contribution >= 0.6 is 0 Å². The van der Waals surface area contributed by atoms with E-state index in [4.69, 9.17) is 9.47 Å². The number of piperidine rings is 1. The minimum atomic E-state index is -0.631. The molecule has 3 heterocycles. The first kappa shape index (κ1) is 24.9. The number of hydrogen-bond donors (Lipinski definition) is 1. The fourth-order valence-corrected chi connectivity index (χ4v) is 5.01. The van der Waals surface area contributed by atoms with Crippen molar-refractivity contribution < 1.29 is 23.0 Å². The molecule has 0 aliphatic carbocycles. The summed E-state index contributed by atoms with van der Waals surface area (Å²) in [6.45, 7) is 1.68. The van der Waals surface area contributed by atoms with Crippen LogP contribution in [0.1, 0.15) is 12.8 Å². The van der Waals surface area contributed by atoms with Crippen molar-refractivity contribution >= 4 is 39.9 Å². The number of aromatic nitrogens is 2. The zero-order chi connectivity index (χ0) is 26.2. The van der Waals surface area contributed by atoms with Crippen LogP contribution in [0, 0.1) is 5.82 Å². The van der Waals surface area contributed by atoms with Crippen LogP contribution in [0.3, 0.4) is 0 Å². The van der Waals surface area contributed by atoms with Crippen LogP contribution in [0.5, 0.6) is 5.75 Å². The maximum atomic E-state index is 15.1. The number of carbonyl (C=O) groups excluding carboxylic acids is 1. The predicted octanol–water partition coefficient (Wildman–Crippen LogP) is 4.35. The summed E-state index contributed by atoms with van der Waals surface area (Å²) in [5.74, 6) is 0.449. The van der Waals surface area contributed by atoms with Gasteiger partial charge in [-0.3, -0.25) is 4.90 Å². The van der Waals surface area contributed by atoms with E-state index in [2.05, 4.69) is 15.3 Å². The third kappa shape index (κ3) is 4.71. The highest BCUT2D eigenvalue weighted by molar-refractivity contribution is 6.00. The lowest BCUT2D eigenvalue weighted by Crippen LogP contribution is -2.47. The quantitative estimate of drug-likeness (QED) is 0.501. The first-order chi connectivity index (χ1) is 17.8. The number of alkyl halides is 1. The SMILES string of the molecule is COc1cc2ncnc(Nc3cccc(N(C)C)c3F)c2cc1N1CC2(CCN(CCF)CC2)OC1=O. The lowest BCUT2D eigenvalue weighted by atomic mass is 9.91. The van der Waals surface area contributed by atoms with Gasteiger partial charge in [0.2, 0.25) is 0 Å². The second-order valence-corrected chi connectivity index (χ2v) is 9.59. The van der Waals surface area contributed by atoms with Crippen molar-refractivity contribution in [2.24, 2.45) is 0 Å². The number of rotatable bonds is 7. The molecular weight excluding hydrogens is 482 g/mol. The molecule has 2 fully saturated rings. The summed E-state index contributed by atoms with van der Waals surface area (Å²) in [7, 11) is 5.07. The molecule has 2 aliphatic rings. The van der Waals surface area contributed by atoms with Crippen molar-refractivity contribution in [1.82, 2.24) is 14.9 Å². The third-order valence-corrected chi connectivity index (χ3v) is 7.08. The van der Waals surface area contributed by atoms with Gasteiger partial charge in [0, 0.05) is 58.0 Å². The van der Waals surface area contributed by atoms with Gasteiger partial charge < -0.3 is 24.6 Å². The van der Waals surface area contributed by atoms with Crippen molar-refractivity contribution in [1.29, 1.82) is 0 Å². The molecule has 2 aromatic carbocycles. The van der Waals surface area contributed by atoms with E-state index < -0.39 is 24.2 Å². The van der Waals surface area contributed by atoms with Gasteiger partial charge in [-0.2, -0.15) is 0 Å². The Morgan fingerprint density at radius 2 is 2.00 bits per heavy atom. The Morgan fingerprint density at radius 3 is 2.70 bits per heavy atom. The van der Waals surface area contributed by atoms with E-state index in [1.165, 1.54) is 13.4 Å². The predicted molar refractivity (Wildman–Crippen MR) is 138 cm³/mol. The molecule has 0 radical (unpaired) electrons. The summed E-state index contributed by atoms with van der Waals surface area (Å²) in [6, 6.07) is 8.59. The van der Waals surface area contributed by atoms with Gasteiger partial charge in [-0.25, -0.2) is 23.5 Å². The van der Waals surface area contributed by atoms with Crippen LogP contribution in [0.25, 0.3) is 10.9 Å². The highest BCUT2D eigenvalue weighted by Gasteiger charge is 2.48. The Hall–Kier alpha value is -3.73. The lowest BCUT2D eigenvalue weighted by Gasteiger charge is -2.37. The summed E-state index contributed by atoms with van der Waals surface area (Å²) in [6.07, 6.45) is 2.18. The van der Waals surface area contributed by atoms with Crippen LogP contribution in [0.15, 0.2) is 36.7 Å². The molecule has 0 atom stereocenters. The Bertz CT molecular complexity index is 1310. The van der Waals surface area contributed by atoms with Gasteiger partial charge in [-0.15, -0.1) is 0 Å². The molecule has 0 bridgehead atoms. The van der Waals surface area contributed by atoms with E-state index in [1.807, 2.05) is 4.90 Å². The lowest BCUT2D eigenvalue weighted by molar-refractivity contribution is -0.0000914. The number of likely N-dealkylation sites (tertiary alicyclic amines) is 1. The standard InChI is InChI=1S/C26H30F2N6O3/c1-32(2)20-6-4-5-18(23(20)28)31-24-17-13-21(22(36-3)14-19(17)29-16-30-24)34-15-26(37-25(34)35)7-10-33(11-8-26)12-9-27/h4-6,13-14,16H,7-12,15H2,1-3H3,(H,29,30,31). The van der Waals surface area contributed by atoms with E-state index >= 15 is 4.39 Å². The minimum absolute atomic E-state index is 0.267. The maximum absolute atomic E-state index is 15.1. The molecule has 1 aromatic heterocycles. The van der Waals surface area contributed by atoms with Gasteiger partial charge >= 0.3 is 6.09 Å². The van der Waals surface area contributed by atoms with E-state index in [9.17, 15) is 9.18 Å². The number of benzene rings is 2. The molecule has 0 unspecified atom stereocenters. The Kier molecular flexibility index (Phi) is 6.72. The van der Waals surface area contributed by atoms with Gasteiger partial charge in [0.25, 0.3) is 0 Å². The van der Waals surface area contributed by atoms with Crippen LogP contribution in [-0.2, 0) is 4.74 Å². The molecule has 2 aliphatic heterocycles. The molecule has 37 heavy (non-hydrogen) atoms. The van der Waals surface area contributed by atoms with Gasteiger partial charge in [-0.1, -0.05) is 6.07 Å². The normalized spacial score (nSPS) is 17.3. The average molecular weight is 513 g/mol. The third-order valence-electron chi connectivity index (χ3n) is 7.08. The molecule has 11 heteroatoms. The molecular formula is C26H30F2N6O3. The zero-order valence-electron chi connectivity index (χ0n) is 21.1. The molecule has 3 aromatic rings. The molecule has 1 amide bonds. The number of amides is 1. The average Bonchev–Trinajstić information content (AvgIpc) is 3.21. The van der Waals surface area contributed by atoms with Crippen LogP contribution < -0.4 is 19.9 Å². The Morgan fingerprint density at radius 1 is 1.22 bits per heavy atom. The molecule has 0 saturated carbocycles. The van der Waals surface area contributed by atoms with Gasteiger partial charge in [0.05, 0.1) is 36.2 Å². The smallest absolute Gasteiger partial charge is 0.415 e. The van der Waals surface area contributed by atoms with Gasteiger partial charge in [0.15, 0.2) is 5.82 Å². The monoisotopic (exact) mass is 512 g/mol. The van der Waals surface area contributed by atoms with Gasteiger partial charge in [-0.05, 0) is 18.2 Å². The molecule has 1 N–H and O–H groups in total. The first-order valence-electron chi connectivity index (χ1n) is 12.2. The van der Waals surface area contributed by atoms with Crippen LogP contribution in [-0.4, -0.2) is 80.6 Å². The van der Waals surface area contributed by atoms with Crippen LogP contribution in [0.2, 0.25) is 0 Å². The van der Waals surface area contributed by atoms with Crippen molar-refractivity contribution in [2.45, 2.75) is 18.4 Å². The number of halogens is 2.